The standard InChI is InChI=1S/Ag.Ge.Li.H2S/h;;;1H2. The second-order valence-electron chi connectivity index (χ2n) is 0. The van der Waals surface area contributed by atoms with E-state index in [0.717, 1.165) is 0 Å². The Labute approximate surface area is 71.6 Å². The minimum absolute atomic E-state index is 0. The maximum Gasteiger partial charge on any atom is 0 e. The fourth-order valence-electron chi connectivity index (χ4n) is 0. The second-order valence-corrected chi connectivity index (χ2v) is 0. The summed E-state index contributed by atoms with van der Waals surface area (Å²) < 4.78 is 0. The van der Waals surface area contributed by atoms with E-state index in [9.17, 15) is 0 Å². The molecular weight excluding hydrogens is 219 g/mol. The zero-order chi connectivity index (χ0) is 0. The molecule has 0 fully saturated rings. The first-order valence-corrected chi connectivity index (χ1v) is 0. The van der Waals surface area contributed by atoms with Crippen molar-refractivity contribution in [1.82, 2.24) is 0 Å². The Bertz CT molecular complexity index is 8.00. The molecule has 4 heavy (non-hydrogen) atoms. The number of rotatable bonds is 0. The quantitative estimate of drug-likeness (QED) is 0.477. The molecule has 0 N–H and O–H groups in total. The molecule has 0 aromatic heterocycles. The van der Waals surface area contributed by atoms with Crippen molar-refractivity contribution >= 4 is 50.0 Å². The van der Waals surface area contributed by atoms with Crippen molar-refractivity contribution in [2.75, 3.05) is 0 Å². The van der Waals surface area contributed by atoms with Gasteiger partial charge in [0.1, 0.15) is 0 Å². The van der Waals surface area contributed by atoms with Crippen LogP contribution >= 0.6 is 13.5 Å². The van der Waals surface area contributed by atoms with E-state index in [1.807, 2.05) is 0 Å². The molecule has 0 rings (SSSR count). The predicted octanol–water partition coefficient (Wildman–Crippen LogP) is -0.651. The molecule has 6 radical (unpaired) electrons. The van der Waals surface area contributed by atoms with Gasteiger partial charge in [0.25, 0.3) is 0 Å². The van der Waals surface area contributed by atoms with E-state index in [2.05, 4.69) is 0 Å². The SMILES string of the molecule is S.[Ag].[Ge].[Li]. The maximum absolute atomic E-state index is 0. The van der Waals surface area contributed by atoms with E-state index in [-0.39, 0.29) is 72.3 Å². The van der Waals surface area contributed by atoms with Gasteiger partial charge in [-0.1, -0.05) is 0 Å². The summed E-state index contributed by atoms with van der Waals surface area (Å²) in [6.07, 6.45) is 0. The first-order chi connectivity index (χ1) is 0. The van der Waals surface area contributed by atoms with Gasteiger partial charge in [-0.25, -0.2) is 0 Å². The van der Waals surface area contributed by atoms with Crippen LogP contribution in [0.25, 0.3) is 0 Å². The van der Waals surface area contributed by atoms with Gasteiger partial charge in [-0.2, -0.15) is 13.5 Å². The minimum Gasteiger partial charge on any atom is -0.197 e. The van der Waals surface area contributed by atoms with E-state index < -0.39 is 0 Å². The summed E-state index contributed by atoms with van der Waals surface area (Å²) in [5.74, 6) is 0. The van der Waals surface area contributed by atoms with E-state index in [4.69, 9.17) is 0 Å². The molecule has 0 saturated carbocycles. The molecule has 4 heteroatoms. The van der Waals surface area contributed by atoms with Crippen LogP contribution in [0.5, 0.6) is 0 Å². The Morgan fingerprint density at radius 3 is 1.00 bits per heavy atom. The monoisotopic (exact) mass is 222 g/mol. The van der Waals surface area contributed by atoms with Crippen molar-refractivity contribution in [3.05, 3.63) is 0 Å². The van der Waals surface area contributed by atoms with Gasteiger partial charge in [0.05, 0.1) is 0 Å². The smallest absolute Gasteiger partial charge is 0 e. The van der Waals surface area contributed by atoms with E-state index in [1.165, 1.54) is 0 Å². The molecule has 0 bridgehead atoms. The molecule has 0 amide bonds. The van der Waals surface area contributed by atoms with Gasteiger partial charge in [0.2, 0.25) is 0 Å². The molecule has 0 aliphatic rings. The van der Waals surface area contributed by atoms with Gasteiger partial charge < -0.3 is 0 Å². The van der Waals surface area contributed by atoms with Gasteiger partial charge in [0.15, 0.2) is 0 Å². The predicted molar refractivity (Wildman–Crippen MR) is 21.9 cm³/mol. The van der Waals surface area contributed by atoms with Crippen molar-refractivity contribution in [3.63, 3.8) is 0 Å². The summed E-state index contributed by atoms with van der Waals surface area (Å²) in [4.78, 5) is 0. The van der Waals surface area contributed by atoms with Crippen molar-refractivity contribution in [3.8, 4) is 0 Å². The fraction of sp³-hybridized carbons (Fsp3) is 0. The van der Waals surface area contributed by atoms with Crippen molar-refractivity contribution in [2.45, 2.75) is 0 Å². The summed E-state index contributed by atoms with van der Waals surface area (Å²) in [5, 5.41) is 0. The molecule has 0 aliphatic carbocycles. The normalized spacial score (nSPS) is 0. The molecule has 0 aromatic carbocycles. The Morgan fingerprint density at radius 1 is 1.00 bits per heavy atom. The molecule has 0 saturated heterocycles. The van der Waals surface area contributed by atoms with Crippen LogP contribution in [0, 0.1) is 0 Å². The average Bonchev–Trinajstić information content (AvgIpc) is 0. The molecule has 0 nitrogen and oxygen atoms in total. The van der Waals surface area contributed by atoms with Crippen LogP contribution in [-0.4, -0.2) is 36.5 Å². The summed E-state index contributed by atoms with van der Waals surface area (Å²) in [6.45, 7) is 0. The third-order valence-electron chi connectivity index (χ3n) is 0. The second kappa shape index (κ2) is 18.8. The van der Waals surface area contributed by atoms with Crippen LogP contribution < -0.4 is 0 Å². The first kappa shape index (κ1) is 34.3. The third-order valence-corrected chi connectivity index (χ3v) is 0. The van der Waals surface area contributed by atoms with Crippen molar-refractivity contribution in [1.29, 1.82) is 0 Å². The molecule has 0 spiro atoms. The third kappa shape index (κ3) is 8.87. The number of hydrogen-bond acceptors (Lipinski definition) is 0. The molecule has 0 aliphatic heterocycles. The topological polar surface area (TPSA) is 0 Å². The van der Waals surface area contributed by atoms with Gasteiger partial charge in [-0.05, 0) is 0 Å². The summed E-state index contributed by atoms with van der Waals surface area (Å²) in [7, 11) is 0. The van der Waals surface area contributed by atoms with Crippen molar-refractivity contribution < 1.29 is 22.4 Å². The Kier molecular flexibility index (Phi) is 161. The Morgan fingerprint density at radius 2 is 1.00 bits per heavy atom. The summed E-state index contributed by atoms with van der Waals surface area (Å²) in [6, 6.07) is 0. The molecule has 0 atom stereocenters. The fourth-order valence-corrected chi connectivity index (χ4v) is 0. The maximum atomic E-state index is 0. The van der Waals surface area contributed by atoms with E-state index >= 15 is 0 Å². The van der Waals surface area contributed by atoms with Gasteiger partial charge >= 0.3 is 0 Å². The van der Waals surface area contributed by atoms with E-state index in [0.29, 0.717) is 0 Å². The Balaban J connectivity index is 0. The average molecular weight is 222 g/mol. The van der Waals surface area contributed by atoms with Crippen LogP contribution in [0.4, 0.5) is 0 Å². The largest absolute Gasteiger partial charge is 0.197 e. The zero-order valence-corrected chi connectivity index (χ0v) is 6.88. The molecular formula is H2AgGeLiS. The van der Waals surface area contributed by atoms with Crippen LogP contribution in [-0.2, 0) is 22.4 Å². The summed E-state index contributed by atoms with van der Waals surface area (Å²) >= 11 is 0. The minimum atomic E-state index is 0. The summed E-state index contributed by atoms with van der Waals surface area (Å²) in [5.41, 5.74) is 0. The van der Waals surface area contributed by atoms with Crippen LogP contribution in [0.15, 0.2) is 0 Å². The molecule has 0 heterocycles. The van der Waals surface area contributed by atoms with Crippen LogP contribution in [0.2, 0.25) is 0 Å². The Hall–Kier alpha value is 2.23. The molecule has 24 valence electrons. The first-order valence-electron chi connectivity index (χ1n) is 0. The number of hydrogen-bond donors (Lipinski definition) is 0. The van der Waals surface area contributed by atoms with Crippen LogP contribution in [0.1, 0.15) is 0 Å². The van der Waals surface area contributed by atoms with Crippen LogP contribution in [0.3, 0.4) is 0 Å². The molecule has 0 aromatic rings. The zero-order valence-electron chi connectivity index (χ0n) is 2.30. The van der Waals surface area contributed by atoms with Crippen molar-refractivity contribution in [2.24, 2.45) is 0 Å². The van der Waals surface area contributed by atoms with Gasteiger partial charge in [-0.3, -0.25) is 0 Å². The molecule has 0 unspecified atom stereocenters. The van der Waals surface area contributed by atoms with Gasteiger partial charge in [-0.15, -0.1) is 0 Å². The van der Waals surface area contributed by atoms with Gasteiger partial charge in [0, 0.05) is 58.8 Å². The van der Waals surface area contributed by atoms with E-state index in [1.54, 1.807) is 0 Å².